The first-order chi connectivity index (χ1) is 13.7. The third-order valence-corrected chi connectivity index (χ3v) is 5.43. The molecule has 0 unspecified atom stereocenters. The van der Waals surface area contributed by atoms with Crippen LogP contribution in [0, 0.1) is 0 Å². The maximum atomic E-state index is 5.91. The summed E-state index contributed by atoms with van der Waals surface area (Å²) in [7, 11) is 0. The number of hydrogen-bond acceptors (Lipinski definition) is 4. The molecule has 0 saturated carbocycles. The number of ether oxygens (including phenoxy) is 1. The zero-order chi connectivity index (χ0) is 19.6. The molecule has 2 N–H and O–H groups in total. The molecular formula is C22H20BrN3OS. The molecule has 0 aliphatic heterocycles. The fourth-order valence-electron chi connectivity index (χ4n) is 2.37. The molecule has 0 bridgehead atoms. The van der Waals surface area contributed by atoms with Gasteiger partial charge in [-0.25, -0.2) is 0 Å². The van der Waals surface area contributed by atoms with Gasteiger partial charge in [-0.15, -0.1) is 5.10 Å². The van der Waals surface area contributed by atoms with E-state index in [1.54, 1.807) is 6.21 Å². The van der Waals surface area contributed by atoms with E-state index >= 15 is 0 Å². The second-order valence-corrected chi connectivity index (χ2v) is 7.76. The number of amidine groups is 1. The van der Waals surface area contributed by atoms with Crippen LogP contribution in [0.15, 0.2) is 93.5 Å². The topological polar surface area (TPSA) is 60.0 Å². The van der Waals surface area contributed by atoms with Crippen molar-refractivity contribution in [1.82, 2.24) is 0 Å². The number of benzene rings is 3. The van der Waals surface area contributed by atoms with Gasteiger partial charge in [0.1, 0.15) is 12.4 Å². The lowest BCUT2D eigenvalue weighted by molar-refractivity contribution is 0.305. The highest BCUT2D eigenvalue weighted by Crippen LogP contribution is 2.19. The van der Waals surface area contributed by atoms with Gasteiger partial charge in [-0.3, -0.25) is 0 Å². The summed E-state index contributed by atoms with van der Waals surface area (Å²) in [4.78, 5) is 0. The molecule has 3 aromatic rings. The number of thioether (sulfide) groups is 1. The van der Waals surface area contributed by atoms with Crippen molar-refractivity contribution in [1.29, 1.82) is 0 Å². The molecule has 142 valence electrons. The Morgan fingerprint density at radius 1 is 1.00 bits per heavy atom. The molecule has 3 aromatic carbocycles. The highest BCUT2D eigenvalue weighted by Gasteiger charge is 2.01. The van der Waals surface area contributed by atoms with Gasteiger partial charge in [0.25, 0.3) is 0 Å². The second kappa shape index (κ2) is 10.7. The molecule has 6 heteroatoms. The molecule has 0 aliphatic rings. The molecule has 0 spiro atoms. The van der Waals surface area contributed by atoms with Gasteiger partial charge in [0.2, 0.25) is 0 Å². The number of nitrogens with zero attached hydrogens (tertiary/aromatic N) is 2. The number of hydrogen-bond donors (Lipinski definition) is 1. The standard InChI is InChI=1S/C22H20BrN3OS/c23-21-12-5-4-10-19(21)15-27-20-11-6-9-18(13-20)14-25-26-22(24)28-16-17-7-2-1-3-8-17/h1-14H,15-16H2,(H2,24,26). The third kappa shape index (κ3) is 6.55. The van der Waals surface area contributed by atoms with E-state index in [1.807, 2.05) is 66.7 Å². The Labute approximate surface area is 177 Å². The first kappa shape index (κ1) is 20.2. The fourth-order valence-corrected chi connectivity index (χ4v) is 3.39. The van der Waals surface area contributed by atoms with E-state index in [-0.39, 0.29) is 0 Å². The first-order valence-corrected chi connectivity index (χ1v) is 10.5. The van der Waals surface area contributed by atoms with Gasteiger partial charge in [-0.05, 0) is 29.3 Å². The number of rotatable bonds is 7. The molecule has 0 aromatic heterocycles. The zero-order valence-electron chi connectivity index (χ0n) is 15.2. The van der Waals surface area contributed by atoms with Gasteiger partial charge < -0.3 is 10.5 Å². The average molecular weight is 454 g/mol. The summed E-state index contributed by atoms with van der Waals surface area (Å²) in [5.74, 6) is 1.54. The van der Waals surface area contributed by atoms with Crippen molar-refractivity contribution in [2.45, 2.75) is 12.4 Å². The van der Waals surface area contributed by atoms with Gasteiger partial charge in [-0.1, -0.05) is 88.4 Å². The maximum Gasteiger partial charge on any atom is 0.180 e. The quantitative estimate of drug-likeness (QED) is 0.287. The average Bonchev–Trinajstić information content (AvgIpc) is 2.73. The Kier molecular flexibility index (Phi) is 7.70. The summed E-state index contributed by atoms with van der Waals surface area (Å²) in [5, 5.41) is 8.56. The highest BCUT2D eigenvalue weighted by molar-refractivity contribution is 9.10. The van der Waals surface area contributed by atoms with Gasteiger partial charge in [0.05, 0.1) is 6.21 Å². The third-order valence-electron chi connectivity index (χ3n) is 3.80. The van der Waals surface area contributed by atoms with Gasteiger partial charge in [0, 0.05) is 15.8 Å². The van der Waals surface area contributed by atoms with Crippen LogP contribution in [0.1, 0.15) is 16.7 Å². The highest BCUT2D eigenvalue weighted by atomic mass is 79.9. The van der Waals surface area contributed by atoms with E-state index in [0.717, 1.165) is 27.1 Å². The van der Waals surface area contributed by atoms with Crippen molar-refractivity contribution in [2.75, 3.05) is 0 Å². The molecule has 28 heavy (non-hydrogen) atoms. The first-order valence-electron chi connectivity index (χ1n) is 8.70. The molecule has 3 rings (SSSR count). The summed E-state index contributed by atoms with van der Waals surface area (Å²) < 4.78 is 6.91. The molecule has 4 nitrogen and oxygen atoms in total. The molecule has 0 heterocycles. The molecule has 0 fully saturated rings. The maximum absolute atomic E-state index is 5.91. The normalized spacial score (nSPS) is 11.7. The summed E-state index contributed by atoms with van der Waals surface area (Å²) in [5.41, 5.74) is 9.10. The Balaban J connectivity index is 1.54. The van der Waals surface area contributed by atoms with Gasteiger partial charge in [0.15, 0.2) is 5.17 Å². The lowest BCUT2D eigenvalue weighted by Crippen LogP contribution is -2.06. The van der Waals surface area contributed by atoms with E-state index in [1.165, 1.54) is 17.3 Å². The van der Waals surface area contributed by atoms with Crippen molar-refractivity contribution in [3.8, 4) is 5.75 Å². The molecule has 0 radical (unpaired) electrons. The number of nitrogens with two attached hydrogens (primary N) is 1. The van der Waals surface area contributed by atoms with Crippen LogP contribution < -0.4 is 10.5 Å². The van der Waals surface area contributed by atoms with E-state index in [9.17, 15) is 0 Å². The van der Waals surface area contributed by atoms with E-state index in [0.29, 0.717) is 11.8 Å². The Bertz CT molecular complexity index is 961. The smallest absolute Gasteiger partial charge is 0.180 e. The monoisotopic (exact) mass is 453 g/mol. The van der Waals surface area contributed by atoms with Crippen LogP contribution in [0.25, 0.3) is 0 Å². The number of halogens is 1. The van der Waals surface area contributed by atoms with Crippen molar-refractivity contribution in [3.05, 3.63) is 100 Å². The van der Waals surface area contributed by atoms with Crippen molar-refractivity contribution in [3.63, 3.8) is 0 Å². The zero-order valence-corrected chi connectivity index (χ0v) is 17.6. The largest absolute Gasteiger partial charge is 0.489 e. The van der Waals surface area contributed by atoms with Crippen LogP contribution >= 0.6 is 27.7 Å². The van der Waals surface area contributed by atoms with Crippen LogP contribution in [0.3, 0.4) is 0 Å². The van der Waals surface area contributed by atoms with Crippen LogP contribution in [-0.4, -0.2) is 11.4 Å². The molecule has 0 atom stereocenters. The molecule has 0 saturated heterocycles. The Morgan fingerprint density at radius 3 is 2.61 bits per heavy atom. The van der Waals surface area contributed by atoms with Crippen molar-refractivity contribution >= 4 is 39.1 Å². The summed E-state index contributed by atoms with van der Waals surface area (Å²) in [6.45, 7) is 0.489. The van der Waals surface area contributed by atoms with Crippen molar-refractivity contribution in [2.24, 2.45) is 15.9 Å². The summed E-state index contributed by atoms with van der Waals surface area (Å²) in [6.07, 6.45) is 1.67. The lowest BCUT2D eigenvalue weighted by Gasteiger charge is -2.08. The van der Waals surface area contributed by atoms with Crippen LogP contribution in [0.4, 0.5) is 0 Å². The Morgan fingerprint density at radius 2 is 1.79 bits per heavy atom. The van der Waals surface area contributed by atoms with Gasteiger partial charge in [-0.2, -0.15) is 5.10 Å². The molecular weight excluding hydrogens is 434 g/mol. The molecule has 0 amide bonds. The van der Waals surface area contributed by atoms with E-state index < -0.39 is 0 Å². The SMILES string of the molecule is NC(=NN=Cc1cccc(OCc2ccccc2Br)c1)SCc1ccccc1. The van der Waals surface area contributed by atoms with Crippen LogP contribution in [0.5, 0.6) is 5.75 Å². The predicted molar refractivity (Wildman–Crippen MR) is 122 cm³/mol. The van der Waals surface area contributed by atoms with E-state index in [4.69, 9.17) is 10.5 Å². The predicted octanol–water partition coefficient (Wildman–Crippen LogP) is 5.61. The lowest BCUT2D eigenvalue weighted by atomic mass is 10.2. The van der Waals surface area contributed by atoms with E-state index in [2.05, 4.69) is 38.3 Å². The molecule has 0 aliphatic carbocycles. The fraction of sp³-hybridized carbons (Fsp3) is 0.0909. The Hall–Kier alpha value is -2.57. The summed E-state index contributed by atoms with van der Waals surface area (Å²) >= 11 is 4.99. The second-order valence-electron chi connectivity index (χ2n) is 5.91. The van der Waals surface area contributed by atoms with Crippen LogP contribution in [-0.2, 0) is 12.4 Å². The minimum Gasteiger partial charge on any atom is -0.489 e. The van der Waals surface area contributed by atoms with Gasteiger partial charge >= 0.3 is 0 Å². The minimum absolute atomic E-state index is 0.432. The van der Waals surface area contributed by atoms with Crippen molar-refractivity contribution < 1.29 is 4.74 Å². The minimum atomic E-state index is 0.432. The summed E-state index contributed by atoms with van der Waals surface area (Å²) in [6, 6.07) is 25.8. The van der Waals surface area contributed by atoms with Crippen LogP contribution in [0.2, 0.25) is 0 Å².